The summed E-state index contributed by atoms with van der Waals surface area (Å²) in [6.45, 7) is 16.4. The monoisotopic (exact) mass is 528 g/mol. The molecule has 0 radical (unpaired) electrons. The summed E-state index contributed by atoms with van der Waals surface area (Å²) in [7, 11) is -0.553. The number of phenolic OH excluding ortho intramolecular Hbond substituents is 1. The number of hydrogen-bond acceptors (Lipinski definition) is 6. The Bertz CT molecular complexity index is 1020. The van der Waals surface area contributed by atoms with Crippen molar-refractivity contribution in [2.45, 2.75) is 110 Å². The topological polar surface area (TPSA) is 106 Å². The minimum atomic E-state index is -0.880. The number of rotatable bonds is 8. The molecule has 0 spiro atoms. The molecule has 0 unspecified atom stereocenters. The molecule has 5 rings (SSSR count). The molecule has 38 heavy (non-hydrogen) atoms. The highest BCUT2D eigenvalue weighted by Gasteiger charge is 2.68. The van der Waals surface area contributed by atoms with Gasteiger partial charge in [0.25, 0.3) is 0 Å². The zero-order valence-electron chi connectivity index (χ0n) is 24.2. The zero-order valence-corrected chi connectivity index (χ0v) is 24.2. The van der Waals surface area contributed by atoms with Crippen molar-refractivity contribution >= 4 is 19.1 Å². The van der Waals surface area contributed by atoms with Crippen LogP contribution < -0.4 is 10.6 Å². The summed E-state index contributed by atoms with van der Waals surface area (Å²) < 4.78 is 18.6. The number of amides is 2. The van der Waals surface area contributed by atoms with Crippen LogP contribution in [0.15, 0.2) is 24.3 Å². The number of alkyl carbamates (subject to hydrolysis) is 1. The fourth-order valence-electron chi connectivity index (χ4n) is 6.63. The number of ether oxygens (including phenoxy) is 1. The molecule has 4 fully saturated rings. The molecule has 2 bridgehead atoms. The highest BCUT2D eigenvalue weighted by atomic mass is 16.7. The number of aromatic hydroxyl groups is 1. The maximum atomic E-state index is 13.7. The van der Waals surface area contributed by atoms with Crippen LogP contribution in [-0.4, -0.2) is 53.5 Å². The third-order valence-corrected chi connectivity index (χ3v) is 8.73. The largest absolute Gasteiger partial charge is 0.508 e. The first-order valence-corrected chi connectivity index (χ1v) is 14.0. The van der Waals surface area contributed by atoms with Crippen LogP contribution in [0.3, 0.4) is 0 Å². The van der Waals surface area contributed by atoms with E-state index in [1.54, 1.807) is 45.0 Å². The second-order valence-corrected chi connectivity index (χ2v) is 13.7. The van der Waals surface area contributed by atoms with E-state index in [0.29, 0.717) is 24.2 Å². The fraction of sp³-hybridized carbons (Fsp3) is 0.724. The van der Waals surface area contributed by atoms with Crippen LogP contribution in [-0.2, 0) is 25.3 Å². The Morgan fingerprint density at radius 3 is 2.37 bits per heavy atom. The van der Waals surface area contributed by atoms with Gasteiger partial charge in [-0.1, -0.05) is 39.8 Å². The van der Waals surface area contributed by atoms with Crippen molar-refractivity contribution in [1.82, 2.24) is 10.6 Å². The Morgan fingerprint density at radius 1 is 1.13 bits per heavy atom. The van der Waals surface area contributed by atoms with Crippen molar-refractivity contribution < 1.29 is 28.7 Å². The molecular weight excluding hydrogens is 483 g/mol. The molecule has 1 aliphatic heterocycles. The first-order valence-electron chi connectivity index (χ1n) is 14.0. The van der Waals surface area contributed by atoms with Crippen molar-refractivity contribution in [3.63, 3.8) is 0 Å². The average molecular weight is 528 g/mol. The van der Waals surface area contributed by atoms with Gasteiger partial charge >= 0.3 is 13.2 Å². The molecule has 9 heteroatoms. The van der Waals surface area contributed by atoms with Gasteiger partial charge in [0.2, 0.25) is 5.91 Å². The molecule has 8 nitrogen and oxygen atoms in total. The van der Waals surface area contributed by atoms with Gasteiger partial charge in [-0.05, 0) is 87.8 Å². The number of phenols is 1. The zero-order chi connectivity index (χ0) is 28.0. The van der Waals surface area contributed by atoms with Gasteiger partial charge in [0.05, 0.1) is 17.6 Å². The molecule has 6 atom stereocenters. The highest BCUT2D eigenvalue weighted by molar-refractivity contribution is 6.48. The predicted molar refractivity (Wildman–Crippen MR) is 146 cm³/mol. The Labute approximate surface area is 227 Å². The molecule has 2 amide bonds. The van der Waals surface area contributed by atoms with Gasteiger partial charge in [0, 0.05) is 6.42 Å². The fourth-order valence-corrected chi connectivity index (χ4v) is 6.63. The highest BCUT2D eigenvalue weighted by Crippen LogP contribution is 2.65. The number of carbonyl (C=O) groups is 2. The van der Waals surface area contributed by atoms with Crippen LogP contribution in [0.1, 0.15) is 80.2 Å². The van der Waals surface area contributed by atoms with Crippen molar-refractivity contribution in [1.29, 1.82) is 0 Å². The first kappa shape index (κ1) is 28.7. The van der Waals surface area contributed by atoms with E-state index in [9.17, 15) is 14.7 Å². The van der Waals surface area contributed by atoms with Crippen LogP contribution >= 0.6 is 0 Å². The minimum absolute atomic E-state index is 0.0171. The van der Waals surface area contributed by atoms with Crippen molar-refractivity contribution in [2.75, 3.05) is 0 Å². The van der Waals surface area contributed by atoms with Crippen molar-refractivity contribution in [2.24, 2.45) is 23.2 Å². The van der Waals surface area contributed by atoms with E-state index < -0.39 is 24.9 Å². The van der Waals surface area contributed by atoms with E-state index in [-0.39, 0.29) is 41.1 Å². The van der Waals surface area contributed by atoms with Gasteiger partial charge in [0.15, 0.2) is 0 Å². The van der Waals surface area contributed by atoms with Gasteiger partial charge in [-0.25, -0.2) is 4.79 Å². The van der Waals surface area contributed by atoms with Gasteiger partial charge in [-0.15, -0.1) is 0 Å². The van der Waals surface area contributed by atoms with E-state index in [0.717, 1.165) is 18.4 Å². The van der Waals surface area contributed by atoms with Gasteiger partial charge < -0.3 is 29.8 Å². The van der Waals surface area contributed by atoms with Crippen LogP contribution in [0.25, 0.3) is 0 Å². The molecule has 3 saturated carbocycles. The van der Waals surface area contributed by atoms with E-state index in [2.05, 4.69) is 45.3 Å². The maximum Gasteiger partial charge on any atom is 0.481 e. The number of benzene rings is 1. The molecule has 1 heterocycles. The predicted octanol–water partition coefficient (Wildman–Crippen LogP) is 4.63. The number of carbonyl (C=O) groups excluding carboxylic acids is 2. The first-order chi connectivity index (χ1) is 17.6. The van der Waals surface area contributed by atoms with Crippen LogP contribution in [0.2, 0.25) is 0 Å². The summed E-state index contributed by atoms with van der Waals surface area (Å²) in [5, 5.41) is 15.6. The molecule has 210 valence electrons. The molecule has 3 N–H and O–H groups in total. The summed E-state index contributed by atoms with van der Waals surface area (Å²) in [6.07, 6.45) is 2.41. The lowest BCUT2D eigenvalue weighted by Gasteiger charge is -2.64. The third-order valence-electron chi connectivity index (χ3n) is 8.73. The molecule has 0 aromatic heterocycles. The number of nitrogens with one attached hydrogen (secondary N) is 2. The van der Waals surface area contributed by atoms with E-state index >= 15 is 0 Å². The molecular formula is C29H45BN2O6. The molecule has 1 saturated heterocycles. The second-order valence-electron chi connectivity index (χ2n) is 13.7. The lowest BCUT2D eigenvalue weighted by atomic mass is 9.43. The summed E-state index contributed by atoms with van der Waals surface area (Å²) in [5.41, 5.74) is -0.0424. The molecule has 1 aromatic rings. The summed E-state index contributed by atoms with van der Waals surface area (Å²) >= 11 is 0. The molecule has 3 aliphatic carbocycles. The normalized spacial score (nSPS) is 29.2. The SMILES string of the molecule is CC(C)C[C@H](NC(=O)[C@H](Cc1ccc(O)cc1)NC(=O)OC(C)(C)C)B1O[C@@H]2C[C@@H]3C[C@@H](C3(C)C)[C@]2(C)O1. The standard InChI is InChI=1S/C29H45BN2O6/c1-17(2)13-24(30-37-23-16-19-15-22(28(19,6)7)29(23,8)38-30)32-25(34)21(31-26(35)36-27(3,4)5)14-18-9-11-20(33)12-10-18/h9-12,17,19,21-24,33H,13-16H2,1-8H3,(H,31,35)(H,32,34)/t19-,21-,22-,23+,24-,29-/m0/s1. The summed E-state index contributed by atoms with van der Waals surface area (Å²) in [4.78, 5) is 26.3. The summed E-state index contributed by atoms with van der Waals surface area (Å²) in [6, 6.07) is 5.72. The lowest BCUT2D eigenvalue weighted by molar-refractivity contribution is -0.199. The van der Waals surface area contributed by atoms with Gasteiger partial charge in [-0.3, -0.25) is 4.79 Å². The Kier molecular flexibility index (Phi) is 7.85. The summed E-state index contributed by atoms with van der Waals surface area (Å²) in [5.74, 6) is 0.800. The van der Waals surface area contributed by atoms with Crippen molar-refractivity contribution in [3.8, 4) is 5.75 Å². The molecule has 4 aliphatic rings. The van der Waals surface area contributed by atoms with Gasteiger partial charge in [-0.2, -0.15) is 0 Å². The average Bonchev–Trinajstić information content (AvgIpc) is 3.15. The quantitative estimate of drug-likeness (QED) is 0.425. The van der Waals surface area contributed by atoms with E-state index in [1.165, 1.54) is 0 Å². The van der Waals surface area contributed by atoms with E-state index in [1.807, 2.05) is 0 Å². The Balaban J connectivity index is 1.51. The smallest absolute Gasteiger partial charge is 0.481 e. The Morgan fingerprint density at radius 2 is 1.79 bits per heavy atom. The third kappa shape index (κ3) is 5.99. The van der Waals surface area contributed by atoms with Crippen molar-refractivity contribution in [3.05, 3.63) is 29.8 Å². The molecule has 1 aromatic carbocycles. The van der Waals surface area contributed by atoms with Crippen LogP contribution in [0, 0.1) is 23.2 Å². The lowest BCUT2D eigenvalue weighted by Crippen LogP contribution is -2.65. The van der Waals surface area contributed by atoms with Crippen LogP contribution in [0.5, 0.6) is 5.75 Å². The maximum absolute atomic E-state index is 13.7. The van der Waals surface area contributed by atoms with Crippen LogP contribution in [0.4, 0.5) is 4.79 Å². The number of hydrogen-bond donors (Lipinski definition) is 3. The second kappa shape index (κ2) is 10.4. The Hall–Kier alpha value is -2.26. The van der Waals surface area contributed by atoms with Gasteiger partial charge in [0.1, 0.15) is 17.4 Å². The minimum Gasteiger partial charge on any atom is -0.508 e. The van der Waals surface area contributed by atoms with E-state index in [4.69, 9.17) is 14.0 Å².